The number of halogens is 1. The van der Waals surface area contributed by atoms with Crippen molar-refractivity contribution in [2.45, 2.75) is 24.1 Å². The van der Waals surface area contributed by atoms with E-state index in [9.17, 15) is 9.18 Å². The van der Waals surface area contributed by atoms with Crippen molar-refractivity contribution >= 4 is 28.6 Å². The van der Waals surface area contributed by atoms with E-state index in [1.807, 2.05) is 30.3 Å². The van der Waals surface area contributed by atoms with Gasteiger partial charge in [0.15, 0.2) is 5.82 Å². The molecule has 3 aromatic rings. The number of carbonyl (C=O) groups excluding carboxylic acids is 1. The van der Waals surface area contributed by atoms with Gasteiger partial charge in [-0.1, -0.05) is 42.1 Å². The summed E-state index contributed by atoms with van der Waals surface area (Å²) in [5.74, 6) is -0.149. The maximum Gasteiger partial charge on any atom is 0.319 e. The van der Waals surface area contributed by atoms with E-state index >= 15 is 0 Å². The first kappa shape index (κ1) is 17.4. The summed E-state index contributed by atoms with van der Waals surface area (Å²) >= 11 is 1.25. The number of hydrogen-bond acceptors (Lipinski definition) is 5. The van der Waals surface area contributed by atoms with Crippen molar-refractivity contribution in [3.63, 3.8) is 0 Å². The fourth-order valence-electron chi connectivity index (χ4n) is 2.35. The zero-order valence-electron chi connectivity index (χ0n) is 13.9. The monoisotopic (exact) mass is 356 g/mol. The predicted molar refractivity (Wildman–Crippen MR) is 96.9 cm³/mol. The minimum absolute atomic E-state index is 0.318. The second-order valence-electron chi connectivity index (χ2n) is 5.39. The molecule has 0 radical (unpaired) electrons. The molecular formula is C19H17FN2O2S. The van der Waals surface area contributed by atoms with Gasteiger partial charge in [-0.2, -0.15) is 0 Å². The molecule has 3 rings (SSSR count). The molecule has 0 saturated heterocycles. The van der Waals surface area contributed by atoms with Crippen LogP contribution in [0.2, 0.25) is 0 Å². The number of nitrogens with zero attached hydrogens (tertiary/aromatic N) is 2. The van der Waals surface area contributed by atoms with Gasteiger partial charge in [0.1, 0.15) is 16.1 Å². The average Bonchev–Trinajstić information content (AvgIpc) is 2.62. The van der Waals surface area contributed by atoms with Crippen molar-refractivity contribution in [1.29, 1.82) is 0 Å². The van der Waals surface area contributed by atoms with E-state index in [1.165, 1.54) is 23.9 Å². The summed E-state index contributed by atoms with van der Waals surface area (Å²) in [4.78, 5) is 21.0. The molecule has 0 unspecified atom stereocenters. The highest BCUT2D eigenvalue weighted by Gasteiger charge is 2.19. The molecule has 0 N–H and O–H groups in total. The van der Waals surface area contributed by atoms with Gasteiger partial charge >= 0.3 is 5.97 Å². The van der Waals surface area contributed by atoms with Crippen molar-refractivity contribution in [3.8, 4) is 11.4 Å². The molecule has 128 valence electrons. The molecule has 0 saturated carbocycles. The van der Waals surface area contributed by atoms with E-state index < -0.39 is 5.25 Å². The third kappa shape index (κ3) is 3.96. The van der Waals surface area contributed by atoms with Gasteiger partial charge in [-0.15, -0.1) is 0 Å². The summed E-state index contributed by atoms with van der Waals surface area (Å²) in [5, 5.41) is 0.690. The first-order valence-corrected chi connectivity index (χ1v) is 8.82. The van der Waals surface area contributed by atoms with Crippen LogP contribution >= 0.6 is 11.8 Å². The second-order valence-corrected chi connectivity index (χ2v) is 6.72. The lowest BCUT2D eigenvalue weighted by Gasteiger charge is -2.12. The van der Waals surface area contributed by atoms with Crippen LogP contribution in [0.15, 0.2) is 53.6 Å². The average molecular weight is 356 g/mol. The van der Waals surface area contributed by atoms with Gasteiger partial charge in [-0.3, -0.25) is 4.79 Å². The molecule has 4 nitrogen and oxygen atoms in total. The fraction of sp³-hybridized carbons (Fsp3) is 0.211. The number of benzene rings is 2. The van der Waals surface area contributed by atoms with Crippen molar-refractivity contribution in [2.24, 2.45) is 0 Å². The molecule has 1 heterocycles. The minimum Gasteiger partial charge on any atom is -0.465 e. The molecule has 0 bridgehead atoms. The van der Waals surface area contributed by atoms with E-state index in [2.05, 4.69) is 9.97 Å². The third-order valence-corrected chi connectivity index (χ3v) is 4.64. The van der Waals surface area contributed by atoms with Gasteiger partial charge in [-0.05, 0) is 32.0 Å². The van der Waals surface area contributed by atoms with Crippen LogP contribution in [0.1, 0.15) is 13.8 Å². The maximum absolute atomic E-state index is 13.7. The van der Waals surface area contributed by atoms with Crippen LogP contribution in [0.5, 0.6) is 0 Å². The molecule has 1 aromatic heterocycles. The number of esters is 1. The van der Waals surface area contributed by atoms with Gasteiger partial charge in [-0.25, -0.2) is 14.4 Å². The minimum atomic E-state index is -0.454. The van der Waals surface area contributed by atoms with E-state index in [1.54, 1.807) is 19.9 Å². The molecule has 0 aliphatic heterocycles. The molecule has 0 aliphatic rings. The smallest absolute Gasteiger partial charge is 0.319 e. The zero-order chi connectivity index (χ0) is 17.8. The Balaban J connectivity index is 2.07. The van der Waals surface area contributed by atoms with Gasteiger partial charge in [0.25, 0.3) is 0 Å². The Morgan fingerprint density at radius 1 is 1.20 bits per heavy atom. The lowest BCUT2D eigenvalue weighted by Crippen LogP contribution is -2.17. The molecule has 25 heavy (non-hydrogen) atoms. The Morgan fingerprint density at radius 3 is 2.68 bits per heavy atom. The molecular weight excluding hydrogens is 339 g/mol. The highest BCUT2D eigenvalue weighted by atomic mass is 32.2. The number of hydrogen-bond donors (Lipinski definition) is 0. The largest absolute Gasteiger partial charge is 0.465 e. The van der Waals surface area contributed by atoms with Crippen LogP contribution in [0.4, 0.5) is 4.39 Å². The van der Waals surface area contributed by atoms with Crippen LogP contribution in [-0.2, 0) is 9.53 Å². The summed E-state index contributed by atoms with van der Waals surface area (Å²) in [6, 6.07) is 13.9. The highest BCUT2D eigenvalue weighted by molar-refractivity contribution is 8.00. The topological polar surface area (TPSA) is 52.1 Å². The molecule has 6 heteroatoms. The van der Waals surface area contributed by atoms with E-state index in [4.69, 9.17) is 4.74 Å². The summed E-state index contributed by atoms with van der Waals surface area (Å²) in [6.07, 6.45) is 0. The lowest BCUT2D eigenvalue weighted by atomic mass is 10.2. The van der Waals surface area contributed by atoms with Crippen LogP contribution in [0.3, 0.4) is 0 Å². The summed E-state index contributed by atoms with van der Waals surface area (Å²) in [5.41, 5.74) is 1.49. The number of rotatable bonds is 5. The Hall–Kier alpha value is -2.47. The van der Waals surface area contributed by atoms with Gasteiger partial charge in [0.05, 0.1) is 12.1 Å². The van der Waals surface area contributed by atoms with Crippen LogP contribution in [-0.4, -0.2) is 27.8 Å². The van der Waals surface area contributed by atoms with Crippen LogP contribution < -0.4 is 0 Å². The third-order valence-electron chi connectivity index (χ3n) is 3.56. The number of aromatic nitrogens is 2. The first-order chi connectivity index (χ1) is 12.1. The number of carbonyl (C=O) groups is 1. The van der Waals surface area contributed by atoms with E-state index in [0.717, 1.165) is 5.56 Å². The first-order valence-electron chi connectivity index (χ1n) is 7.94. The van der Waals surface area contributed by atoms with Gasteiger partial charge < -0.3 is 4.74 Å². The fourth-order valence-corrected chi connectivity index (χ4v) is 3.28. The van der Waals surface area contributed by atoms with Gasteiger partial charge in [0, 0.05) is 10.9 Å². The highest BCUT2D eigenvalue weighted by Crippen LogP contribution is 2.31. The maximum atomic E-state index is 13.7. The number of thioether (sulfide) groups is 1. The van der Waals surface area contributed by atoms with Crippen molar-refractivity contribution in [2.75, 3.05) is 6.61 Å². The quantitative estimate of drug-likeness (QED) is 0.383. The van der Waals surface area contributed by atoms with Crippen molar-refractivity contribution < 1.29 is 13.9 Å². The van der Waals surface area contributed by atoms with Crippen LogP contribution in [0, 0.1) is 5.82 Å². The molecule has 1 atom stereocenters. The van der Waals surface area contributed by atoms with Crippen LogP contribution in [0.25, 0.3) is 22.3 Å². The van der Waals surface area contributed by atoms with E-state index in [-0.39, 0.29) is 11.8 Å². The Kier molecular flexibility index (Phi) is 5.28. The van der Waals surface area contributed by atoms with E-state index in [0.29, 0.717) is 28.4 Å². The summed E-state index contributed by atoms with van der Waals surface area (Å²) in [6.45, 7) is 3.83. The number of ether oxygens (including phenoxy) is 1. The Morgan fingerprint density at radius 2 is 1.96 bits per heavy atom. The van der Waals surface area contributed by atoms with Crippen molar-refractivity contribution in [3.05, 3.63) is 54.3 Å². The van der Waals surface area contributed by atoms with Crippen molar-refractivity contribution in [1.82, 2.24) is 9.97 Å². The Bertz CT molecular complexity index is 903. The number of fused-ring (bicyclic) bond motifs is 1. The summed E-state index contributed by atoms with van der Waals surface area (Å²) in [7, 11) is 0. The lowest BCUT2D eigenvalue weighted by molar-refractivity contribution is -0.142. The molecule has 0 fully saturated rings. The van der Waals surface area contributed by atoms with Gasteiger partial charge in [0.2, 0.25) is 0 Å². The molecule has 2 aromatic carbocycles. The SMILES string of the molecule is CCOC(=O)[C@@H](C)Sc1nc(-c2ccccc2)nc2ccc(F)cc12. The standard InChI is InChI=1S/C19H17FN2O2S/c1-3-24-19(23)12(2)25-18-15-11-14(20)9-10-16(15)21-17(22-18)13-7-5-4-6-8-13/h4-12H,3H2,1-2H3/t12-/m1/s1. The normalized spacial score (nSPS) is 12.1. The second kappa shape index (κ2) is 7.61. The summed E-state index contributed by atoms with van der Waals surface area (Å²) < 4.78 is 18.7. The molecule has 0 aliphatic carbocycles. The molecule has 0 spiro atoms. The predicted octanol–water partition coefficient (Wildman–Crippen LogP) is 4.48. The zero-order valence-corrected chi connectivity index (χ0v) is 14.7. The molecule has 0 amide bonds. The Labute approximate surface area is 149 Å².